The van der Waals surface area contributed by atoms with Crippen molar-refractivity contribution in [3.05, 3.63) is 40.3 Å². The van der Waals surface area contributed by atoms with Gasteiger partial charge in [-0.25, -0.2) is 0 Å². The number of aldehydes is 2. The molecule has 14 heavy (non-hydrogen) atoms. The maximum absolute atomic E-state index is 10.7. The number of hydrogen-bond donors (Lipinski definition) is 0. The second kappa shape index (κ2) is 3.42. The molecule has 0 aliphatic heterocycles. The van der Waals surface area contributed by atoms with Crippen molar-refractivity contribution >= 4 is 30.3 Å². The third-order valence-electron chi connectivity index (χ3n) is 2.23. The van der Waals surface area contributed by atoms with Crippen LogP contribution in [0.25, 0.3) is 17.7 Å². The first-order valence-corrected chi connectivity index (χ1v) is 4.29. The average molecular weight is 184 g/mol. The highest BCUT2D eigenvalue weighted by atomic mass is 16.1. The SMILES string of the molecule is O=C/C=c1/cccc2c1=C(C=O)C=C2. The highest BCUT2D eigenvalue weighted by molar-refractivity contribution is 6.08. The van der Waals surface area contributed by atoms with Crippen LogP contribution in [0.3, 0.4) is 0 Å². The number of rotatable bonds is 2. The Morgan fingerprint density at radius 2 is 1.93 bits per heavy atom. The Morgan fingerprint density at radius 3 is 2.64 bits per heavy atom. The molecule has 2 rings (SSSR count). The largest absolute Gasteiger partial charge is 0.299 e. The van der Waals surface area contributed by atoms with Gasteiger partial charge in [-0.3, -0.25) is 9.59 Å². The van der Waals surface area contributed by atoms with Crippen molar-refractivity contribution in [2.45, 2.75) is 0 Å². The van der Waals surface area contributed by atoms with E-state index in [0.717, 1.165) is 28.6 Å². The van der Waals surface area contributed by atoms with Crippen molar-refractivity contribution in [1.82, 2.24) is 0 Å². The molecule has 1 aliphatic rings. The zero-order chi connectivity index (χ0) is 9.97. The molecule has 68 valence electrons. The molecule has 0 heterocycles. The van der Waals surface area contributed by atoms with Gasteiger partial charge < -0.3 is 0 Å². The molecular weight excluding hydrogens is 176 g/mol. The van der Waals surface area contributed by atoms with E-state index in [9.17, 15) is 9.59 Å². The monoisotopic (exact) mass is 184 g/mol. The summed E-state index contributed by atoms with van der Waals surface area (Å²) in [5.74, 6) is 0. The van der Waals surface area contributed by atoms with Gasteiger partial charge in [0.15, 0.2) is 6.29 Å². The molecule has 0 N–H and O–H groups in total. The van der Waals surface area contributed by atoms with Crippen LogP contribution < -0.4 is 10.4 Å². The fraction of sp³-hybridized carbons (Fsp3) is 0. The number of carbonyl (C=O) groups excluding carboxylic acids is 2. The first-order chi connectivity index (χ1) is 6.86. The van der Waals surface area contributed by atoms with Crippen LogP contribution in [-0.4, -0.2) is 12.6 Å². The molecule has 0 radical (unpaired) electrons. The molecule has 2 nitrogen and oxygen atoms in total. The van der Waals surface area contributed by atoms with Crippen LogP contribution in [0, 0.1) is 0 Å². The summed E-state index contributed by atoms with van der Waals surface area (Å²) >= 11 is 0. The summed E-state index contributed by atoms with van der Waals surface area (Å²) in [5.41, 5.74) is 1.62. The van der Waals surface area contributed by atoms with Crippen LogP contribution in [0.5, 0.6) is 0 Å². The Morgan fingerprint density at radius 1 is 1.07 bits per heavy atom. The first kappa shape index (κ1) is 8.63. The zero-order valence-corrected chi connectivity index (χ0v) is 7.44. The predicted molar refractivity (Wildman–Crippen MR) is 54.7 cm³/mol. The minimum atomic E-state index is 0.633. The molecule has 0 saturated carbocycles. The number of allylic oxidation sites excluding steroid dienone is 1. The van der Waals surface area contributed by atoms with Crippen molar-refractivity contribution in [1.29, 1.82) is 0 Å². The highest BCUT2D eigenvalue weighted by Gasteiger charge is 2.04. The standard InChI is InChI=1S/C12H8O2/c13-7-6-10-3-1-2-9-4-5-11(8-14)12(9)10/h1-8H/b10-6-. The second-order valence-electron chi connectivity index (χ2n) is 3.02. The van der Waals surface area contributed by atoms with Crippen molar-refractivity contribution < 1.29 is 9.59 Å². The van der Waals surface area contributed by atoms with Gasteiger partial charge in [-0.05, 0) is 22.1 Å². The van der Waals surface area contributed by atoms with E-state index < -0.39 is 0 Å². The lowest BCUT2D eigenvalue weighted by molar-refractivity contribution is -0.104. The van der Waals surface area contributed by atoms with Gasteiger partial charge >= 0.3 is 0 Å². The Hall–Kier alpha value is -1.96. The Labute approximate surface area is 80.9 Å². The maximum atomic E-state index is 10.7. The molecule has 0 unspecified atom stereocenters. The van der Waals surface area contributed by atoms with Gasteiger partial charge in [-0.1, -0.05) is 30.4 Å². The van der Waals surface area contributed by atoms with Crippen LogP contribution >= 0.6 is 0 Å². The Bertz CT molecular complexity index is 536. The van der Waals surface area contributed by atoms with Gasteiger partial charge in [0.25, 0.3) is 0 Å². The van der Waals surface area contributed by atoms with E-state index in [1.54, 1.807) is 6.08 Å². The van der Waals surface area contributed by atoms with Crippen molar-refractivity contribution in [2.24, 2.45) is 0 Å². The fourth-order valence-corrected chi connectivity index (χ4v) is 1.63. The van der Waals surface area contributed by atoms with E-state index in [-0.39, 0.29) is 0 Å². The van der Waals surface area contributed by atoms with E-state index in [4.69, 9.17) is 0 Å². The third kappa shape index (κ3) is 1.21. The molecule has 0 bridgehead atoms. The molecular formula is C12H8O2. The molecule has 0 amide bonds. The average Bonchev–Trinajstić information content (AvgIpc) is 2.62. The van der Waals surface area contributed by atoms with Crippen LogP contribution in [0.2, 0.25) is 0 Å². The molecule has 1 aliphatic carbocycles. The minimum absolute atomic E-state index is 0.633. The van der Waals surface area contributed by atoms with Crippen LogP contribution in [0.4, 0.5) is 0 Å². The number of carbonyl (C=O) groups is 2. The number of benzene rings is 1. The van der Waals surface area contributed by atoms with Crippen LogP contribution in [-0.2, 0) is 9.59 Å². The summed E-state index contributed by atoms with van der Waals surface area (Å²) in [4.78, 5) is 21.1. The van der Waals surface area contributed by atoms with E-state index in [0.29, 0.717) is 5.57 Å². The van der Waals surface area contributed by atoms with Gasteiger partial charge in [0.1, 0.15) is 6.29 Å². The van der Waals surface area contributed by atoms with Gasteiger partial charge in [-0.15, -0.1) is 0 Å². The fourth-order valence-electron chi connectivity index (χ4n) is 1.63. The van der Waals surface area contributed by atoms with Gasteiger partial charge in [0, 0.05) is 5.57 Å². The van der Waals surface area contributed by atoms with Gasteiger partial charge in [0.2, 0.25) is 0 Å². The van der Waals surface area contributed by atoms with Crippen LogP contribution in [0.15, 0.2) is 24.3 Å². The lowest BCUT2D eigenvalue weighted by Gasteiger charge is -1.92. The summed E-state index contributed by atoms with van der Waals surface area (Å²) in [7, 11) is 0. The predicted octanol–water partition coefficient (Wildman–Crippen LogP) is 0.0424. The van der Waals surface area contributed by atoms with Crippen molar-refractivity contribution in [3.63, 3.8) is 0 Å². The molecule has 2 heteroatoms. The smallest absolute Gasteiger partial charge is 0.150 e. The molecule has 0 atom stereocenters. The number of fused-ring (bicyclic) bond motifs is 1. The van der Waals surface area contributed by atoms with Gasteiger partial charge in [-0.2, -0.15) is 0 Å². The molecule has 0 aromatic heterocycles. The molecule has 1 aromatic rings. The summed E-state index contributed by atoms with van der Waals surface area (Å²) < 4.78 is 0. The molecule has 1 aromatic carbocycles. The zero-order valence-electron chi connectivity index (χ0n) is 7.44. The lowest BCUT2D eigenvalue weighted by atomic mass is 10.1. The van der Waals surface area contributed by atoms with Crippen LogP contribution in [0.1, 0.15) is 5.56 Å². The van der Waals surface area contributed by atoms with Crippen molar-refractivity contribution in [3.8, 4) is 0 Å². The van der Waals surface area contributed by atoms with E-state index in [1.165, 1.54) is 6.08 Å². The third-order valence-corrected chi connectivity index (χ3v) is 2.23. The normalized spacial score (nSPS) is 14.3. The topological polar surface area (TPSA) is 34.1 Å². The van der Waals surface area contributed by atoms with Gasteiger partial charge in [0.05, 0.1) is 0 Å². The van der Waals surface area contributed by atoms with Crippen molar-refractivity contribution in [2.75, 3.05) is 0 Å². The highest BCUT2D eigenvalue weighted by Crippen LogP contribution is 2.05. The molecule has 0 fully saturated rings. The Balaban J connectivity index is 2.94. The number of hydrogen-bond acceptors (Lipinski definition) is 2. The van der Waals surface area contributed by atoms with E-state index >= 15 is 0 Å². The summed E-state index contributed by atoms with van der Waals surface area (Å²) in [5, 5.41) is 1.65. The second-order valence-corrected chi connectivity index (χ2v) is 3.02. The molecule has 0 spiro atoms. The quantitative estimate of drug-likeness (QED) is 0.608. The molecule has 0 saturated heterocycles. The summed E-state index contributed by atoms with van der Waals surface area (Å²) in [6, 6.07) is 5.61. The summed E-state index contributed by atoms with van der Waals surface area (Å²) in [6.07, 6.45) is 6.65. The minimum Gasteiger partial charge on any atom is -0.299 e. The summed E-state index contributed by atoms with van der Waals surface area (Å²) in [6.45, 7) is 0. The van der Waals surface area contributed by atoms with E-state index in [2.05, 4.69) is 0 Å². The lowest BCUT2D eigenvalue weighted by Crippen LogP contribution is -2.28. The first-order valence-electron chi connectivity index (χ1n) is 4.29. The maximum Gasteiger partial charge on any atom is 0.150 e. The Kier molecular flexibility index (Phi) is 2.11. The van der Waals surface area contributed by atoms with E-state index in [1.807, 2.05) is 24.3 Å².